The van der Waals surface area contributed by atoms with Gasteiger partial charge in [-0.3, -0.25) is 8.37 Å². The van der Waals surface area contributed by atoms with Crippen LogP contribution in [0.1, 0.15) is 62.4 Å². The first-order valence-corrected chi connectivity index (χ1v) is 18.2. The van der Waals surface area contributed by atoms with Crippen LogP contribution in [0.15, 0.2) is 102 Å². The summed E-state index contributed by atoms with van der Waals surface area (Å²) < 4.78 is 60.0. The van der Waals surface area contributed by atoms with Crippen molar-refractivity contribution in [1.82, 2.24) is 0 Å². The van der Waals surface area contributed by atoms with Gasteiger partial charge < -0.3 is 0 Å². The molecule has 46 heavy (non-hydrogen) atoms. The zero-order valence-electron chi connectivity index (χ0n) is 26.7. The fourth-order valence-corrected chi connectivity index (χ4v) is 7.01. The summed E-state index contributed by atoms with van der Waals surface area (Å²) in [4.78, 5) is 0.0574. The summed E-state index contributed by atoms with van der Waals surface area (Å²) in [6.07, 6.45) is 0.251. The molecule has 0 unspecified atom stereocenters. The van der Waals surface area contributed by atoms with Gasteiger partial charge in [0.15, 0.2) is 0 Å². The summed E-state index contributed by atoms with van der Waals surface area (Å²) in [5.74, 6) is 0. The highest BCUT2D eigenvalue weighted by Crippen LogP contribution is 2.38. The zero-order valence-corrected chi connectivity index (χ0v) is 29.8. The SMILES string of the molecule is COS(=O)(=O)C(C)(C)Cc1ccc(/C(=C(\c2ccc(Cl)cc2)c2ccc(S(=O)(=O)OCC(C)(C)C)cc2)c2ccc(Cl)cc2)cc1. The first-order valence-electron chi connectivity index (χ1n) is 14.6. The molecule has 0 atom stereocenters. The molecule has 0 N–H and O–H groups in total. The van der Waals surface area contributed by atoms with Crippen molar-refractivity contribution in [2.24, 2.45) is 5.41 Å². The molecule has 0 radical (unpaired) electrons. The lowest BCUT2D eigenvalue weighted by Crippen LogP contribution is -2.35. The molecule has 4 aromatic rings. The van der Waals surface area contributed by atoms with Crippen LogP contribution >= 0.6 is 23.2 Å². The third kappa shape index (κ3) is 8.68. The van der Waals surface area contributed by atoms with Crippen molar-refractivity contribution in [2.45, 2.75) is 50.7 Å². The van der Waals surface area contributed by atoms with Crippen LogP contribution in [0.4, 0.5) is 0 Å². The van der Waals surface area contributed by atoms with Gasteiger partial charge in [-0.15, -0.1) is 0 Å². The minimum atomic E-state index is -3.97. The second-order valence-corrected chi connectivity index (χ2v) is 17.7. The molecule has 0 fully saturated rings. The van der Waals surface area contributed by atoms with Crippen molar-refractivity contribution >= 4 is 54.6 Å². The predicted octanol–water partition coefficient (Wildman–Crippen LogP) is 9.05. The number of rotatable bonds is 11. The van der Waals surface area contributed by atoms with E-state index in [0.29, 0.717) is 10.0 Å². The summed E-state index contributed by atoms with van der Waals surface area (Å²) in [6, 6.07) is 29.2. The summed E-state index contributed by atoms with van der Waals surface area (Å²) in [5, 5.41) is 1.16. The lowest BCUT2D eigenvalue weighted by atomic mass is 9.85. The molecule has 0 aromatic heterocycles. The molecule has 4 rings (SSSR count). The predicted molar refractivity (Wildman–Crippen MR) is 187 cm³/mol. The molecular weight excluding hydrogens is 663 g/mol. The molecule has 0 spiro atoms. The largest absolute Gasteiger partial charge is 0.296 e. The first kappa shape index (κ1) is 35.9. The third-order valence-corrected chi connectivity index (χ3v) is 11.1. The molecular formula is C36H38Cl2O6S2. The normalized spacial score (nSPS) is 13.4. The van der Waals surface area contributed by atoms with Crippen LogP contribution < -0.4 is 0 Å². The van der Waals surface area contributed by atoms with Gasteiger partial charge in [0.05, 0.1) is 23.4 Å². The molecule has 244 valence electrons. The first-order chi connectivity index (χ1) is 21.4. The topological polar surface area (TPSA) is 86.7 Å². The molecule has 0 saturated carbocycles. The number of halogens is 2. The van der Waals surface area contributed by atoms with Crippen LogP contribution in [-0.4, -0.2) is 35.3 Å². The van der Waals surface area contributed by atoms with Crippen molar-refractivity contribution in [2.75, 3.05) is 13.7 Å². The van der Waals surface area contributed by atoms with Gasteiger partial charge in [0, 0.05) is 10.0 Å². The Balaban J connectivity index is 1.91. The molecule has 0 aliphatic carbocycles. The molecule has 0 aliphatic rings. The van der Waals surface area contributed by atoms with Gasteiger partial charge >= 0.3 is 0 Å². The van der Waals surface area contributed by atoms with Crippen molar-refractivity contribution in [3.05, 3.63) is 135 Å². The Morgan fingerprint density at radius 3 is 1.35 bits per heavy atom. The minimum absolute atomic E-state index is 0.0539. The quantitative estimate of drug-likeness (QED) is 0.115. The summed E-state index contributed by atoms with van der Waals surface area (Å²) in [5.41, 5.74) is 5.52. The van der Waals surface area contributed by atoms with E-state index >= 15 is 0 Å². The van der Waals surface area contributed by atoms with Crippen LogP contribution in [0.25, 0.3) is 11.1 Å². The molecule has 0 heterocycles. The van der Waals surface area contributed by atoms with Crippen molar-refractivity contribution in [3.8, 4) is 0 Å². The van der Waals surface area contributed by atoms with Crippen LogP contribution in [-0.2, 0) is 35.0 Å². The monoisotopic (exact) mass is 700 g/mol. The molecule has 0 amide bonds. The lowest BCUT2D eigenvalue weighted by Gasteiger charge is -2.23. The van der Waals surface area contributed by atoms with Gasteiger partial charge in [0.1, 0.15) is 0 Å². The highest BCUT2D eigenvalue weighted by atomic mass is 35.5. The highest BCUT2D eigenvalue weighted by molar-refractivity contribution is 7.88. The fourth-order valence-electron chi connectivity index (χ4n) is 4.85. The Labute approximate surface area is 283 Å². The van der Waals surface area contributed by atoms with Gasteiger partial charge in [0.25, 0.3) is 20.2 Å². The van der Waals surface area contributed by atoms with Gasteiger partial charge in [-0.1, -0.05) is 105 Å². The van der Waals surface area contributed by atoms with Crippen molar-refractivity contribution in [1.29, 1.82) is 0 Å². The van der Waals surface area contributed by atoms with Crippen molar-refractivity contribution in [3.63, 3.8) is 0 Å². The zero-order chi connectivity index (χ0) is 33.9. The Morgan fingerprint density at radius 1 is 0.609 bits per heavy atom. The minimum Gasteiger partial charge on any atom is -0.273 e. The Morgan fingerprint density at radius 2 is 0.978 bits per heavy atom. The second-order valence-electron chi connectivity index (χ2n) is 12.8. The van der Waals surface area contributed by atoms with Crippen LogP contribution in [0.2, 0.25) is 10.0 Å². The second kappa shape index (κ2) is 14.0. The lowest BCUT2D eigenvalue weighted by molar-refractivity contribution is 0.203. The smallest absolute Gasteiger partial charge is 0.273 e. The summed E-state index contributed by atoms with van der Waals surface area (Å²) >= 11 is 12.6. The van der Waals surface area contributed by atoms with E-state index < -0.39 is 25.0 Å². The maximum atomic E-state index is 13.0. The average molecular weight is 702 g/mol. The standard InChI is InChI=1S/C36H38Cl2O6S2/c1-35(2,3)24-44-45(39,40)32-21-15-29(16-22-32)34(28-13-19-31(38)20-14-28)33(27-11-17-30(37)18-12-27)26-9-7-25(8-10-26)23-36(4,5)46(41,42)43-6/h7-22H,23-24H2,1-6H3/b34-33-. The molecule has 0 bridgehead atoms. The Bertz CT molecular complexity index is 1910. The summed E-state index contributed by atoms with van der Waals surface area (Å²) in [7, 11) is -6.57. The van der Waals surface area contributed by atoms with E-state index in [2.05, 4.69) is 0 Å². The molecule has 0 aliphatic heterocycles. The molecule has 6 nitrogen and oxygen atoms in total. The van der Waals surface area contributed by atoms with Crippen LogP contribution in [0, 0.1) is 5.41 Å². The third-order valence-electron chi connectivity index (χ3n) is 7.36. The van der Waals surface area contributed by atoms with Gasteiger partial charge in [-0.05, 0) is 101 Å². The Hall–Kier alpha value is -2.98. The number of hydrogen-bond donors (Lipinski definition) is 0. The van der Waals surface area contributed by atoms with E-state index in [1.807, 2.05) is 81.4 Å². The maximum absolute atomic E-state index is 13.0. The molecule has 4 aromatic carbocycles. The van der Waals surface area contributed by atoms with Gasteiger partial charge in [-0.2, -0.15) is 16.8 Å². The van der Waals surface area contributed by atoms with Gasteiger partial charge in [0.2, 0.25) is 0 Å². The number of benzene rings is 4. The Kier molecular flexibility index (Phi) is 10.9. The van der Waals surface area contributed by atoms with Crippen LogP contribution in [0.5, 0.6) is 0 Å². The fraction of sp³-hybridized carbons (Fsp3) is 0.278. The van der Waals surface area contributed by atoms with E-state index in [0.717, 1.165) is 39.0 Å². The van der Waals surface area contributed by atoms with E-state index in [-0.39, 0.29) is 23.3 Å². The van der Waals surface area contributed by atoms with E-state index in [1.165, 1.54) is 7.11 Å². The average Bonchev–Trinajstić information content (AvgIpc) is 3.00. The molecule has 0 saturated heterocycles. The maximum Gasteiger partial charge on any atom is 0.296 e. The van der Waals surface area contributed by atoms with Crippen LogP contribution in [0.3, 0.4) is 0 Å². The van der Waals surface area contributed by atoms with E-state index in [9.17, 15) is 16.8 Å². The van der Waals surface area contributed by atoms with Gasteiger partial charge in [-0.25, -0.2) is 0 Å². The highest BCUT2D eigenvalue weighted by Gasteiger charge is 2.34. The molecule has 10 heteroatoms. The van der Waals surface area contributed by atoms with Crippen molar-refractivity contribution < 1.29 is 25.2 Å². The number of hydrogen-bond acceptors (Lipinski definition) is 6. The van der Waals surface area contributed by atoms with E-state index in [1.54, 1.807) is 50.2 Å². The van der Waals surface area contributed by atoms with E-state index in [4.69, 9.17) is 31.6 Å². The summed E-state index contributed by atoms with van der Waals surface area (Å²) in [6.45, 7) is 9.04.